The first kappa shape index (κ1) is 19.2. The van der Waals surface area contributed by atoms with E-state index < -0.39 is 10.4 Å². The molecule has 0 aromatic rings. The molecular weight excluding hydrogens is 239 g/mol. The Labute approximate surface area is 123 Å². The first-order valence-electron chi connectivity index (χ1n) is 5.53. The fourth-order valence-corrected chi connectivity index (χ4v) is 1.68. The number of rotatable bonds is 9. The molecule has 0 fully saturated rings. The second-order valence-corrected chi connectivity index (χ2v) is 5.29. The molecule has 0 spiro atoms. The van der Waals surface area contributed by atoms with E-state index >= 15 is 0 Å². The summed E-state index contributed by atoms with van der Waals surface area (Å²) >= 11 is 0. The minimum Gasteiger partial charge on any atom is -1.00 e. The van der Waals surface area contributed by atoms with E-state index in [-0.39, 0.29) is 37.6 Å². The molecule has 0 rings (SSSR count). The molecule has 0 saturated carbocycles. The summed E-state index contributed by atoms with van der Waals surface area (Å²) in [6.07, 6.45) is 6.40. The quantitative estimate of drug-likeness (QED) is 0.358. The van der Waals surface area contributed by atoms with E-state index in [0.29, 0.717) is 6.42 Å². The van der Waals surface area contributed by atoms with E-state index in [1.807, 2.05) is 0 Å². The van der Waals surface area contributed by atoms with Crippen LogP contribution in [0.15, 0.2) is 0 Å². The van der Waals surface area contributed by atoms with Gasteiger partial charge >= 0.3 is 40.0 Å². The van der Waals surface area contributed by atoms with Crippen LogP contribution in [0.1, 0.15) is 53.8 Å². The van der Waals surface area contributed by atoms with Gasteiger partial charge in [-0.05, 0) is 12.3 Å². The zero-order valence-electron chi connectivity index (χ0n) is 11.6. The van der Waals surface area contributed by atoms with Gasteiger partial charge in [0.05, 0.1) is 6.61 Å². The topological polar surface area (TPSA) is 63.6 Å². The Morgan fingerprint density at radius 2 is 1.62 bits per heavy atom. The van der Waals surface area contributed by atoms with Crippen molar-refractivity contribution in [1.82, 2.24) is 0 Å². The molecule has 0 aliphatic rings. The maximum absolute atomic E-state index is 10.2. The molecule has 0 saturated heterocycles. The summed E-state index contributed by atoms with van der Waals surface area (Å²) in [5.74, 6) is 0.757. The van der Waals surface area contributed by atoms with Crippen LogP contribution in [0, 0.1) is 5.92 Å². The van der Waals surface area contributed by atoms with E-state index in [2.05, 4.69) is 18.0 Å². The van der Waals surface area contributed by atoms with Gasteiger partial charge in [0, 0.05) is 0 Å². The monoisotopic (exact) mass is 262 g/mol. The molecule has 0 heterocycles. The van der Waals surface area contributed by atoms with E-state index in [4.69, 9.17) is 4.55 Å². The third kappa shape index (κ3) is 17.3. The Hall–Kier alpha value is 0.870. The molecule has 4 nitrogen and oxygen atoms in total. The zero-order chi connectivity index (χ0) is 11.7. The third-order valence-corrected chi connectivity index (χ3v) is 2.62. The van der Waals surface area contributed by atoms with Crippen molar-refractivity contribution < 1.29 is 48.1 Å². The summed E-state index contributed by atoms with van der Waals surface area (Å²) in [5, 5.41) is 0. The van der Waals surface area contributed by atoms with Gasteiger partial charge in [0.1, 0.15) is 0 Å². The molecule has 1 N–H and O–H groups in total. The molecule has 0 unspecified atom stereocenters. The first-order chi connectivity index (χ1) is 6.92. The van der Waals surface area contributed by atoms with Crippen LogP contribution in [0.5, 0.6) is 0 Å². The van der Waals surface area contributed by atoms with Gasteiger partial charge in [-0.25, -0.2) is 4.18 Å². The fraction of sp³-hybridized carbons (Fsp3) is 1.00. The van der Waals surface area contributed by atoms with Gasteiger partial charge in [-0.3, -0.25) is 4.55 Å². The van der Waals surface area contributed by atoms with Crippen molar-refractivity contribution in [2.24, 2.45) is 5.92 Å². The first-order valence-corrected chi connectivity index (χ1v) is 6.90. The second kappa shape index (κ2) is 11.0. The van der Waals surface area contributed by atoms with E-state index in [9.17, 15) is 8.42 Å². The number of hydrogen-bond donors (Lipinski definition) is 1. The summed E-state index contributed by atoms with van der Waals surface area (Å²) < 4.78 is 32.8. The largest absolute Gasteiger partial charge is 1.00 e. The molecule has 0 aliphatic carbocycles. The fourth-order valence-electron chi connectivity index (χ4n) is 1.35. The van der Waals surface area contributed by atoms with Crippen LogP contribution < -0.4 is 29.6 Å². The summed E-state index contributed by atoms with van der Waals surface area (Å²) in [4.78, 5) is 0. The number of hydrogen-bond acceptors (Lipinski definition) is 3. The Balaban J connectivity index is -0.000000980. The van der Waals surface area contributed by atoms with Crippen LogP contribution in [-0.4, -0.2) is 19.6 Å². The van der Waals surface area contributed by atoms with Gasteiger partial charge in [0.15, 0.2) is 0 Å². The molecule has 0 atom stereocenters. The maximum Gasteiger partial charge on any atom is 1.00 e. The average molecular weight is 262 g/mol. The summed E-state index contributed by atoms with van der Waals surface area (Å²) in [5.41, 5.74) is 0. The molecule has 0 amide bonds. The van der Waals surface area contributed by atoms with Crippen LogP contribution in [0.3, 0.4) is 0 Å². The van der Waals surface area contributed by atoms with Gasteiger partial charge in [-0.2, -0.15) is 8.42 Å². The predicted molar refractivity (Wildman–Crippen MR) is 61.2 cm³/mol. The third-order valence-electron chi connectivity index (χ3n) is 2.16. The second-order valence-electron chi connectivity index (χ2n) is 4.20. The molecule has 16 heavy (non-hydrogen) atoms. The molecular formula is C10H23NaO4S. The SMILES string of the molecule is CC(C)CCCCCCCOS(=O)(=O)O.[H-].[Na+]. The minimum absolute atomic E-state index is 0. The Kier molecular flexibility index (Phi) is 13.2. The molecule has 0 aliphatic heterocycles. The molecule has 0 aromatic heterocycles. The van der Waals surface area contributed by atoms with Crippen molar-refractivity contribution in [2.75, 3.05) is 6.61 Å². The molecule has 0 aromatic carbocycles. The van der Waals surface area contributed by atoms with E-state index in [0.717, 1.165) is 18.8 Å². The zero-order valence-corrected chi connectivity index (χ0v) is 13.4. The van der Waals surface area contributed by atoms with Gasteiger partial charge in [-0.15, -0.1) is 0 Å². The van der Waals surface area contributed by atoms with Crippen LogP contribution >= 0.6 is 0 Å². The van der Waals surface area contributed by atoms with Crippen molar-refractivity contribution in [3.05, 3.63) is 0 Å². The van der Waals surface area contributed by atoms with Gasteiger partial charge in [-0.1, -0.05) is 46.0 Å². The van der Waals surface area contributed by atoms with E-state index in [1.165, 1.54) is 19.3 Å². The van der Waals surface area contributed by atoms with Gasteiger partial charge in [0.25, 0.3) is 0 Å². The van der Waals surface area contributed by atoms with Crippen molar-refractivity contribution in [1.29, 1.82) is 0 Å². The minimum atomic E-state index is -4.23. The standard InChI is InChI=1S/C10H22O4S.Na.H/c1-10(2)8-6-4-3-5-7-9-14-15(11,12)13;;/h10H,3-9H2,1-2H3,(H,11,12,13);;/q;+1;-1. The van der Waals surface area contributed by atoms with E-state index in [1.54, 1.807) is 0 Å². The Bertz CT molecular complexity index is 245. The summed E-state index contributed by atoms with van der Waals surface area (Å²) in [6.45, 7) is 4.50. The molecule has 6 heteroatoms. The van der Waals surface area contributed by atoms with Crippen molar-refractivity contribution >= 4 is 10.4 Å². The smallest absolute Gasteiger partial charge is 1.00 e. The molecule has 0 bridgehead atoms. The predicted octanol–water partition coefficient (Wildman–Crippen LogP) is -0.0811. The number of unbranched alkanes of at least 4 members (excludes halogenated alkanes) is 4. The Morgan fingerprint density at radius 1 is 1.12 bits per heavy atom. The van der Waals surface area contributed by atoms with Crippen LogP contribution in [0.2, 0.25) is 0 Å². The summed E-state index contributed by atoms with van der Waals surface area (Å²) in [6, 6.07) is 0. The van der Waals surface area contributed by atoms with Gasteiger partial charge < -0.3 is 1.43 Å². The summed E-state index contributed by atoms with van der Waals surface area (Å²) in [7, 11) is -4.23. The maximum atomic E-state index is 10.2. The van der Waals surface area contributed by atoms with Crippen molar-refractivity contribution in [2.45, 2.75) is 52.4 Å². The molecule has 0 radical (unpaired) electrons. The molecule has 94 valence electrons. The van der Waals surface area contributed by atoms with Crippen LogP contribution in [0.4, 0.5) is 0 Å². The van der Waals surface area contributed by atoms with Crippen LogP contribution in [-0.2, 0) is 14.6 Å². The Morgan fingerprint density at radius 3 is 2.12 bits per heavy atom. The van der Waals surface area contributed by atoms with Gasteiger partial charge in [0.2, 0.25) is 0 Å². The normalized spacial score (nSPS) is 11.5. The van der Waals surface area contributed by atoms with Crippen molar-refractivity contribution in [3.63, 3.8) is 0 Å². The average Bonchev–Trinajstić information content (AvgIpc) is 2.07. The van der Waals surface area contributed by atoms with Crippen LogP contribution in [0.25, 0.3) is 0 Å². The van der Waals surface area contributed by atoms with Crippen molar-refractivity contribution in [3.8, 4) is 0 Å².